The van der Waals surface area contributed by atoms with Gasteiger partial charge in [0.15, 0.2) is 5.82 Å². The zero-order chi connectivity index (χ0) is 13.4. The Kier molecular flexibility index (Phi) is 3.06. The van der Waals surface area contributed by atoms with Gasteiger partial charge in [0.25, 0.3) is 0 Å². The Bertz CT molecular complexity index is 742. The van der Waals surface area contributed by atoms with Crippen LogP contribution in [-0.4, -0.2) is 15.0 Å². The van der Waals surface area contributed by atoms with E-state index in [-0.39, 0.29) is 0 Å². The molecule has 0 aliphatic carbocycles. The van der Waals surface area contributed by atoms with Gasteiger partial charge in [-0.25, -0.2) is 9.97 Å². The first kappa shape index (κ1) is 12.3. The molecule has 0 saturated heterocycles. The second-order valence-corrected chi connectivity index (χ2v) is 5.29. The van der Waals surface area contributed by atoms with E-state index in [0.717, 1.165) is 25.7 Å². The fourth-order valence-electron chi connectivity index (χ4n) is 1.99. The summed E-state index contributed by atoms with van der Waals surface area (Å²) >= 11 is 2.15. The number of nitrogens with zero attached hydrogens (tertiary/aromatic N) is 3. The van der Waals surface area contributed by atoms with Crippen LogP contribution >= 0.6 is 22.6 Å². The van der Waals surface area contributed by atoms with Crippen LogP contribution in [0.5, 0.6) is 0 Å². The molecule has 5 heteroatoms. The minimum absolute atomic E-state index is 0.498. The smallest absolute Gasteiger partial charge is 0.181 e. The van der Waals surface area contributed by atoms with Crippen molar-refractivity contribution in [2.24, 2.45) is 0 Å². The molecular weight excluding hydrogens is 351 g/mol. The molecule has 0 aliphatic rings. The summed E-state index contributed by atoms with van der Waals surface area (Å²) in [7, 11) is 0. The number of hydrogen-bond donors (Lipinski definition) is 1. The highest BCUT2D eigenvalue weighted by Gasteiger charge is 2.11. The van der Waals surface area contributed by atoms with E-state index in [9.17, 15) is 0 Å². The molecule has 0 amide bonds. The summed E-state index contributed by atoms with van der Waals surface area (Å²) in [6.07, 6.45) is 1.77. The second-order valence-electron chi connectivity index (χ2n) is 4.21. The standard InChI is InChI=1S/C14H11IN4/c1-8-11(15)13(16)19-14(18-8)12-10-5-3-2-4-9(10)6-7-17-12/h2-7H,1H3,(H2,16,18,19). The predicted molar refractivity (Wildman–Crippen MR) is 84.6 cm³/mol. The van der Waals surface area contributed by atoms with Crippen molar-refractivity contribution in [1.29, 1.82) is 0 Å². The number of nitrogens with two attached hydrogens (primary N) is 1. The van der Waals surface area contributed by atoms with Crippen LogP contribution in [0.1, 0.15) is 5.69 Å². The summed E-state index contributed by atoms with van der Waals surface area (Å²) in [6, 6.07) is 10.0. The van der Waals surface area contributed by atoms with Gasteiger partial charge in [0.1, 0.15) is 11.5 Å². The lowest BCUT2D eigenvalue weighted by Gasteiger charge is -2.07. The fourth-order valence-corrected chi connectivity index (χ4v) is 2.23. The Morgan fingerprint density at radius 3 is 2.68 bits per heavy atom. The first-order chi connectivity index (χ1) is 9.16. The zero-order valence-electron chi connectivity index (χ0n) is 10.3. The number of nitrogen functional groups attached to an aromatic ring is 1. The van der Waals surface area contributed by atoms with Crippen LogP contribution in [0, 0.1) is 10.5 Å². The number of fused-ring (bicyclic) bond motifs is 1. The van der Waals surface area contributed by atoms with Gasteiger partial charge in [0.05, 0.1) is 9.26 Å². The van der Waals surface area contributed by atoms with Gasteiger partial charge in [0.2, 0.25) is 0 Å². The first-order valence-electron chi connectivity index (χ1n) is 5.80. The topological polar surface area (TPSA) is 64.7 Å². The van der Waals surface area contributed by atoms with Crippen LogP contribution in [0.4, 0.5) is 5.82 Å². The van der Waals surface area contributed by atoms with Crippen molar-refractivity contribution >= 4 is 39.2 Å². The van der Waals surface area contributed by atoms with Crippen LogP contribution in [-0.2, 0) is 0 Å². The molecule has 3 rings (SSSR count). The molecule has 4 nitrogen and oxygen atoms in total. The van der Waals surface area contributed by atoms with Gasteiger partial charge in [-0.05, 0) is 41.0 Å². The molecule has 94 valence electrons. The summed E-state index contributed by atoms with van der Waals surface area (Å²) in [5.74, 6) is 1.07. The summed E-state index contributed by atoms with van der Waals surface area (Å²) in [6.45, 7) is 1.93. The summed E-state index contributed by atoms with van der Waals surface area (Å²) in [5.41, 5.74) is 7.56. The highest BCUT2D eigenvalue weighted by Crippen LogP contribution is 2.26. The van der Waals surface area contributed by atoms with Crippen molar-refractivity contribution in [3.05, 3.63) is 45.8 Å². The molecule has 0 bridgehead atoms. The van der Waals surface area contributed by atoms with E-state index in [4.69, 9.17) is 5.73 Å². The largest absolute Gasteiger partial charge is 0.383 e. The summed E-state index contributed by atoms with van der Waals surface area (Å²) in [4.78, 5) is 13.2. The molecule has 0 aliphatic heterocycles. The molecule has 0 fully saturated rings. The number of rotatable bonds is 1. The third-order valence-corrected chi connectivity index (χ3v) is 4.26. The molecule has 3 aromatic rings. The van der Waals surface area contributed by atoms with Crippen molar-refractivity contribution in [2.75, 3.05) is 5.73 Å². The number of halogens is 1. The van der Waals surface area contributed by atoms with Gasteiger partial charge < -0.3 is 5.73 Å². The lowest BCUT2D eigenvalue weighted by molar-refractivity contribution is 1.08. The molecule has 19 heavy (non-hydrogen) atoms. The quantitative estimate of drug-likeness (QED) is 0.676. The Balaban J connectivity index is 2.31. The predicted octanol–water partition coefficient (Wildman–Crippen LogP) is 3.19. The van der Waals surface area contributed by atoms with E-state index in [0.29, 0.717) is 11.6 Å². The molecule has 0 spiro atoms. The van der Waals surface area contributed by atoms with Crippen molar-refractivity contribution < 1.29 is 0 Å². The maximum atomic E-state index is 5.92. The third-order valence-electron chi connectivity index (χ3n) is 2.93. The molecule has 0 atom stereocenters. The average molecular weight is 362 g/mol. The maximum Gasteiger partial charge on any atom is 0.181 e. The van der Waals surface area contributed by atoms with Crippen LogP contribution in [0.15, 0.2) is 36.5 Å². The van der Waals surface area contributed by atoms with Crippen LogP contribution in [0.25, 0.3) is 22.3 Å². The van der Waals surface area contributed by atoms with Gasteiger partial charge in [-0.3, -0.25) is 4.98 Å². The number of anilines is 1. The molecule has 2 N–H and O–H groups in total. The fraction of sp³-hybridized carbons (Fsp3) is 0.0714. The van der Waals surface area contributed by atoms with Crippen molar-refractivity contribution in [3.63, 3.8) is 0 Å². The van der Waals surface area contributed by atoms with E-state index < -0.39 is 0 Å². The van der Waals surface area contributed by atoms with Crippen molar-refractivity contribution in [3.8, 4) is 11.5 Å². The van der Waals surface area contributed by atoms with Gasteiger partial charge >= 0.3 is 0 Å². The Labute approximate surface area is 124 Å². The van der Waals surface area contributed by atoms with E-state index in [2.05, 4.69) is 37.5 Å². The summed E-state index contributed by atoms with van der Waals surface area (Å²) < 4.78 is 0.890. The lowest BCUT2D eigenvalue weighted by atomic mass is 10.1. The summed E-state index contributed by atoms with van der Waals surface area (Å²) in [5, 5.41) is 2.15. The van der Waals surface area contributed by atoms with E-state index in [1.807, 2.05) is 37.3 Å². The van der Waals surface area contributed by atoms with Gasteiger partial charge in [-0.15, -0.1) is 0 Å². The van der Waals surface area contributed by atoms with Crippen LogP contribution in [0.2, 0.25) is 0 Å². The maximum absolute atomic E-state index is 5.92. The van der Waals surface area contributed by atoms with Gasteiger partial charge in [-0.2, -0.15) is 0 Å². The number of pyridine rings is 1. The molecule has 2 heterocycles. The normalized spacial score (nSPS) is 10.8. The molecule has 0 unspecified atom stereocenters. The number of aromatic nitrogens is 3. The van der Waals surface area contributed by atoms with Crippen molar-refractivity contribution in [1.82, 2.24) is 15.0 Å². The SMILES string of the molecule is Cc1nc(-c2nccc3ccccc23)nc(N)c1I. The Morgan fingerprint density at radius 1 is 1.11 bits per heavy atom. The molecule has 0 saturated carbocycles. The van der Waals surface area contributed by atoms with Crippen LogP contribution < -0.4 is 5.73 Å². The van der Waals surface area contributed by atoms with E-state index in [1.165, 1.54) is 0 Å². The average Bonchev–Trinajstić information content (AvgIpc) is 2.43. The Hall–Kier alpha value is -1.76. The number of benzene rings is 1. The van der Waals surface area contributed by atoms with E-state index >= 15 is 0 Å². The molecule has 2 aromatic heterocycles. The van der Waals surface area contributed by atoms with E-state index in [1.54, 1.807) is 6.20 Å². The Morgan fingerprint density at radius 2 is 1.89 bits per heavy atom. The van der Waals surface area contributed by atoms with Crippen LogP contribution in [0.3, 0.4) is 0 Å². The first-order valence-corrected chi connectivity index (χ1v) is 6.88. The van der Waals surface area contributed by atoms with Crippen molar-refractivity contribution in [2.45, 2.75) is 6.92 Å². The minimum atomic E-state index is 0.498. The zero-order valence-corrected chi connectivity index (χ0v) is 12.4. The molecule has 1 aromatic carbocycles. The minimum Gasteiger partial charge on any atom is -0.383 e. The van der Waals surface area contributed by atoms with Gasteiger partial charge in [0, 0.05) is 11.6 Å². The third kappa shape index (κ3) is 2.14. The second kappa shape index (κ2) is 4.73. The highest BCUT2D eigenvalue weighted by atomic mass is 127. The number of aryl methyl sites for hydroxylation is 1. The monoisotopic (exact) mass is 362 g/mol. The lowest BCUT2D eigenvalue weighted by Crippen LogP contribution is -2.03. The molecular formula is C14H11IN4. The number of hydrogen-bond acceptors (Lipinski definition) is 4. The van der Waals surface area contributed by atoms with Gasteiger partial charge in [-0.1, -0.05) is 24.3 Å². The molecule has 0 radical (unpaired) electrons. The highest BCUT2D eigenvalue weighted by molar-refractivity contribution is 14.1.